The molecule has 1 aromatic carbocycles. The van der Waals surface area contributed by atoms with Crippen molar-refractivity contribution in [3.05, 3.63) is 29.3 Å². The normalized spacial score (nSPS) is 12.9. The van der Waals surface area contributed by atoms with Crippen LogP contribution >= 0.6 is 0 Å². The first-order valence-electron chi connectivity index (χ1n) is 10.6. The molecule has 1 aromatic rings. The van der Waals surface area contributed by atoms with Crippen LogP contribution in [-0.2, 0) is 23.0 Å². The lowest BCUT2D eigenvalue weighted by Crippen LogP contribution is -2.19. The van der Waals surface area contributed by atoms with Gasteiger partial charge in [-0.05, 0) is 55.9 Å². The summed E-state index contributed by atoms with van der Waals surface area (Å²) >= 11 is 0. The highest BCUT2D eigenvalue weighted by Crippen LogP contribution is 2.22. The van der Waals surface area contributed by atoms with Gasteiger partial charge in [-0.25, -0.2) is 0 Å². The minimum absolute atomic E-state index is 0.283. The Morgan fingerprint density at radius 1 is 0.889 bits per heavy atom. The van der Waals surface area contributed by atoms with Crippen molar-refractivity contribution in [2.45, 2.75) is 96.7 Å². The third-order valence-electron chi connectivity index (χ3n) is 4.97. The van der Waals surface area contributed by atoms with E-state index in [0.29, 0.717) is 0 Å². The standard InChI is InChI=1S/C22H38O4S/c1-4-6-8-10-12-20-16-21(13-11-9-7-5-2)18-22(17-20)26-15-14-19(3)27(23,24)25/h16-19H,4-15H2,1-3H3,(H,23,24,25). The van der Waals surface area contributed by atoms with Crippen molar-refractivity contribution >= 4 is 10.1 Å². The van der Waals surface area contributed by atoms with Crippen LogP contribution in [0.1, 0.15) is 89.7 Å². The van der Waals surface area contributed by atoms with Gasteiger partial charge in [0.1, 0.15) is 5.75 Å². The van der Waals surface area contributed by atoms with Crippen molar-refractivity contribution in [2.75, 3.05) is 6.61 Å². The summed E-state index contributed by atoms with van der Waals surface area (Å²) in [6.07, 6.45) is 12.3. The molecule has 0 saturated carbocycles. The summed E-state index contributed by atoms with van der Waals surface area (Å²) in [7, 11) is -3.99. The molecule has 0 aliphatic rings. The summed E-state index contributed by atoms with van der Waals surface area (Å²) in [6.45, 7) is 6.23. The predicted molar refractivity (Wildman–Crippen MR) is 113 cm³/mol. The van der Waals surface area contributed by atoms with Crippen LogP contribution in [-0.4, -0.2) is 24.8 Å². The fraction of sp³-hybridized carbons (Fsp3) is 0.727. The smallest absolute Gasteiger partial charge is 0.267 e. The van der Waals surface area contributed by atoms with Gasteiger partial charge >= 0.3 is 0 Å². The molecule has 5 heteroatoms. The third kappa shape index (κ3) is 10.7. The average Bonchev–Trinajstić information content (AvgIpc) is 2.61. The van der Waals surface area contributed by atoms with Crippen molar-refractivity contribution in [2.24, 2.45) is 0 Å². The molecule has 0 aromatic heterocycles. The van der Waals surface area contributed by atoms with E-state index in [2.05, 4.69) is 32.0 Å². The van der Waals surface area contributed by atoms with Gasteiger partial charge in [0.2, 0.25) is 0 Å². The van der Waals surface area contributed by atoms with E-state index < -0.39 is 15.4 Å². The lowest BCUT2D eigenvalue weighted by molar-refractivity contribution is 0.306. The molecule has 1 atom stereocenters. The maximum atomic E-state index is 11.1. The Kier molecular flexibility index (Phi) is 11.7. The molecule has 4 nitrogen and oxygen atoms in total. The highest BCUT2D eigenvalue weighted by atomic mass is 32.2. The first-order valence-corrected chi connectivity index (χ1v) is 12.1. The number of hydrogen-bond acceptors (Lipinski definition) is 3. The Balaban J connectivity index is 2.68. The van der Waals surface area contributed by atoms with Gasteiger partial charge in [-0.3, -0.25) is 4.55 Å². The number of hydrogen-bond donors (Lipinski definition) is 1. The Bertz CT molecular complexity index is 595. The Morgan fingerprint density at radius 2 is 1.41 bits per heavy atom. The number of ether oxygens (including phenoxy) is 1. The Labute approximate surface area is 166 Å². The molecule has 0 aliphatic heterocycles. The fourth-order valence-corrected chi connectivity index (χ4v) is 3.50. The lowest BCUT2D eigenvalue weighted by atomic mass is 10.00. The van der Waals surface area contributed by atoms with Gasteiger partial charge in [0.05, 0.1) is 11.9 Å². The van der Waals surface area contributed by atoms with Crippen LogP contribution < -0.4 is 4.74 Å². The van der Waals surface area contributed by atoms with Crippen LogP contribution in [0, 0.1) is 0 Å². The molecule has 0 heterocycles. The number of rotatable bonds is 15. The highest BCUT2D eigenvalue weighted by Gasteiger charge is 2.17. The van der Waals surface area contributed by atoms with Crippen LogP contribution in [0.3, 0.4) is 0 Å². The number of aryl methyl sites for hydroxylation is 2. The van der Waals surface area contributed by atoms with Crippen LogP contribution in [0.15, 0.2) is 18.2 Å². The summed E-state index contributed by atoms with van der Waals surface area (Å²) in [5.41, 5.74) is 2.61. The van der Waals surface area contributed by atoms with E-state index >= 15 is 0 Å². The van der Waals surface area contributed by atoms with Crippen molar-refractivity contribution in [3.63, 3.8) is 0 Å². The van der Waals surface area contributed by atoms with E-state index in [0.717, 1.165) is 18.6 Å². The quantitative estimate of drug-likeness (QED) is 0.292. The lowest BCUT2D eigenvalue weighted by Gasteiger charge is -2.13. The summed E-state index contributed by atoms with van der Waals surface area (Å²) in [5.74, 6) is 0.816. The molecular weight excluding hydrogens is 360 g/mol. The largest absolute Gasteiger partial charge is 0.494 e. The van der Waals surface area contributed by atoms with E-state index in [1.807, 2.05) is 0 Å². The van der Waals surface area contributed by atoms with Crippen molar-refractivity contribution in [1.82, 2.24) is 0 Å². The molecule has 0 saturated heterocycles. The van der Waals surface area contributed by atoms with Gasteiger partial charge in [-0.2, -0.15) is 8.42 Å². The average molecular weight is 399 g/mol. The van der Waals surface area contributed by atoms with Crippen LogP contribution in [0.5, 0.6) is 5.75 Å². The van der Waals surface area contributed by atoms with Gasteiger partial charge in [0, 0.05) is 6.42 Å². The zero-order valence-electron chi connectivity index (χ0n) is 17.4. The highest BCUT2D eigenvalue weighted by molar-refractivity contribution is 7.86. The molecular formula is C22H38O4S. The molecule has 1 unspecified atom stereocenters. The van der Waals surface area contributed by atoms with Crippen molar-refractivity contribution < 1.29 is 17.7 Å². The SMILES string of the molecule is CCCCCCc1cc(CCCCCC)cc(OCCC(C)S(=O)(=O)O)c1. The maximum Gasteiger partial charge on any atom is 0.267 e. The van der Waals surface area contributed by atoms with Crippen LogP contribution in [0.2, 0.25) is 0 Å². The minimum Gasteiger partial charge on any atom is -0.494 e. The number of unbranched alkanes of at least 4 members (excludes halogenated alkanes) is 6. The monoisotopic (exact) mass is 398 g/mol. The molecule has 0 spiro atoms. The molecule has 0 amide bonds. The predicted octanol–water partition coefficient (Wildman–Crippen LogP) is 5.98. The summed E-state index contributed by atoms with van der Waals surface area (Å²) in [6, 6.07) is 6.46. The van der Waals surface area contributed by atoms with E-state index in [-0.39, 0.29) is 13.0 Å². The van der Waals surface area contributed by atoms with E-state index in [9.17, 15) is 8.42 Å². The molecule has 27 heavy (non-hydrogen) atoms. The van der Waals surface area contributed by atoms with Gasteiger partial charge in [0.15, 0.2) is 0 Å². The second-order valence-electron chi connectivity index (χ2n) is 7.57. The molecule has 1 N–H and O–H groups in total. The van der Waals surface area contributed by atoms with Crippen molar-refractivity contribution in [1.29, 1.82) is 0 Å². The van der Waals surface area contributed by atoms with Crippen LogP contribution in [0.25, 0.3) is 0 Å². The summed E-state index contributed by atoms with van der Waals surface area (Å²) < 4.78 is 37.2. The summed E-state index contributed by atoms with van der Waals surface area (Å²) in [4.78, 5) is 0. The number of benzene rings is 1. The molecule has 156 valence electrons. The zero-order valence-corrected chi connectivity index (χ0v) is 18.2. The molecule has 0 radical (unpaired) electrons. The first kappa shape index (κ1) is 24.0. The second kappa shape index (κ2) is 13.2. The maximum absolute atomic E-state index is 11.1. The molecule has 0 bridgehead atoms. The Morgan fingerprint density at radius 3 is 1.85 bits per heavy atom. The van der Waals surface area contributed by atoms with E-state index in [1.165, 1.54) is 69.4 Å². The van der Waals surface area contributed by atoms with Gasteiger partial charge < -0.3 is 4.74 Å². The third-order valence-corrected chi connectivity index (χ3v) is 6.22. The fourth-order valence-electron chi connectivity index (χ4n) is 3.10. The van der Waals surface area contributed by atoms with Gasteiger partial charge in [0.25, 0.3) is 10.1 Å². The molecule has 1 rings (SSSR count). The van der Waals surface area contributed by atoms with E-state index in [1.54, 1.807) is 0 Å². The second-order valence-corrected chi connectivity index (χ2v) is 9.40. The minimum atomic E-state index is -3.99. The van der Waals surface area contributed by atoms with E-state index in [4.69, 9.17) is 9.29 Å². The zero-order chi connectivity index (χ0) is 20.1. The van der Waals surface area contributed by atoms with Crippen LogP contribution in [0.4, 0.5) is 0 Å². The molecule has 0 fully saturated rings. The first-order chi connectivity index (χ1) is 12.9. The van der Waals surface area contributed by atoms with Gasteiger partial charge in [-0.1, -0.05) is 58.4 Å². The van der Waals surface area contributed by atoms with Gasteiger partial charge in [-0.15, -0.1) is 0 Å². The Hall–Kier alpha value is -1.07. The molecule has 0 aliphatic carbocycles. The van der Waals surface area contributed by atoms with Crippen molar-refractivity contribution in [3.8, 4) is 5.75 Å². The summed E-state index contributed by atoms with van der Waals surface area (Å²) in [5, 5.41) is -0.803. The topological polar surface area (TPSA) is 63.6 Å².